The zero-order valence-electron chi connectivity index (χ0n) is 11.1. The first kappa shape index (κ1) is 14.0. The van der Waals surface area contributed by atoms with Crippen LogP contribution in [0.3, 0.4) is 0 Å². The number of hydrogen-bond acceptors (Lipinski definition) is 4. The third-order valence-electron chi connectivity index (χ3n) is 3.40. The molecule has 6 heteroatoms. The van der Waals surface area contributed by atoms with Crippen molar-refractivity contribution < 1.29 is 14.7 Å². The Morgan fingerprint density at radius 1 is 1.42 bits per heavy atom. The van der Waals surface area contributed by atoms with Crippen LogP contribution in [0.25, 0.3) is 0 Å². The second kappa shape index (κ2) is 5.69. The Kier molecular flexibility index (Phi) is 4.19. The number of nitrogens with zero attached hydrogens (tertiary/aromatic N) is 1. The average molecular weight is 282 g/mol. The fourth-order valence-electron chi connectivity index (χ4n) is 2.04. The minimum absolute atomic E-state index is 0.0400. The third kappa shape index (κ3) is 3.12. The summed E-state index contributed by atoms with van der Waals surface area (Å²) in [6.07, 6.45) is 3.53. The van der Waals surface area contributed by atoms with Gasteiger partial charge in [0.2, 0.25) is 5.91 Å². The Labute approximate surface area is 116 Å². The Morgan fingerprint density at radius 3 is 2.53 bits per heavy atom. The van der Waals surface area contributed by atoms with E-state index in [0.29, 0.717) is 10.8 Å². The molecule has 1 fully saturated rings. The van der Waals surface area contributed by atoms with Gasteiger partial charge in [0.15, 0.2) is 5.13 Å². The lowest BCUT2D eigenvalue weighted by Crippen LogP contribution is -2.13. The lowest BCUT2D eigenvalue weighted by Gasteiger charge is -2.09. The summed E-state index contributed by atoms with van der Waals surface area (Å²) in [4.78, 5) is 27.5. The van der Waals surface area contributed by atoms with Crippen LogP contribution in [-0.2, 0) is 4.79 Å². The molecule has 1 heterocycles. The molecule has 2 rings (SSSR count). The molecule has 0 radical (unpaired) electrons. The van der Waals surface area contributed by atoms with Crippen LogP contribution in [0.5, 0.6) is 0 Å². The standard InChI is InChI=1S/C13H18N2O3S/c1-3-7(4-2)9-10(12(17)18)19-13(14-9)15-11(16)8-5-6-8/h7-8H,3-6H2,1-2H3,(H,17,18)(H,14,15,16). The zero-order chi connectivity index (χ0) is 14.0. The van der Waals surface area contributed by atoms with Gasteiger partial charge in [0.1, 0.15) is 4.88 Å². The summed E-state index contributed by atoms with van der Waals surface area (Å²) in [7, 11) is 0. The fourth-order valence-corrected chi connectivity index (χ4v) is 2.94. The molecule has 1 saturated carbocycles. The lowest BCUT2D eigenvalue weighted by molar-refractivity contribution is -0.117. The van der Waals surface area contributed by atoms with Gasteiger partial charge < -0.3 is 10.4 Å². The number of anilines is 1. The van der Waals surface area contributed by atoms with Crippen molar-refractivity contribution in [3.05, 3.63) is 10.6 Å². The van der Waals surface area contributed by atoms with Crippen molar-refractivity contribution in [1.29, 1.82) is 0 Å². The number of carboxylic acids is 1. The zero-order valence-corrected chi connectivity index (χ0v) is 11.9. The van der Waals surface area contributed by atoms with E-state index in [0.717, 1.165) is 37.0 Å². The second-order valence-corrected chi connectivity index (χ2v) is 5.81. The van der Waals surface area contributed by atoms with Crippen molar-refractivity contribution in [2.45, 2.75) is 45.4 Å². The summed E-state index contributed by atoms with van der Waals surface area (Å²) in [5.74, 6) is -0.782. The molecule has 0 bridgehead atoms. The van der Waals surface area contributed by atoms with Crippen molar-refractivity contribution in [3.63, 3.8) is 0 Å². The maximum Gasteiger partial charge on any atom is 0.347 e. The number of aromatic nitrogens is 1. The molecular formula is C13H18N2O3S. The second-order valence-electron chi connectivity index (χ2n) is 4.82. The highest BCUT2D eigenvalue weighted by molar-refractivity contribution is 7.17. The number of aromatic carboxylic acids is 1. The lowest BCUT2D eigenvalue weighted by atomic mass is 9.98. The first-order valence-electron chi connectivity index (χ1n) is 6.61. The van der Waals surface area contributed by atoms with Crippen LogP contribution in [0.15, 0.2) is 0 Å². The summed E-state index contributed by atoms with van der Waals surface area (Å²) in [5.41, 5.74) is 0.605. The van der Waals surface area contributed by atoms with Crippen LogP contribution in [0, 0.1) is 5.92 Å². The molecule has 5 nitrogen and oxygen atoms in total. The van der Waals surface area contributed by atoms with E-state index in [-0.39, 0.29) is 22.6 Å². The van der Waals surface area contributed by atoms with E-state index in [1.807, 2.05) is 13.8 Å². The Hall–Kier alpha value is -1.43. The van der Waals surface area contributed by atoms with E-state index in [4.69, 9.17) is 0 Å². The minimum Gasteiger partial charge on any atom is -0.477 e. The quantitative estimate of drug-likeness (QED) is 0.840. The van der Waals surface area contributed by atoms with Crippen molar-refractivity contribution in [2.24, 2.45) is 5.92 Å². The Morgan fingerprint density at radius 2 is 2.05 bits per heavy atom. The van der Waals surface area contributed by atoms with Gasteiger partial charge in [-0.2, -0.15) is 0 Å². The molecular weight excluding hydrogens is 264 g/mol. The molecule has 0 aromatic carbocycles. The molecule has 104 valence electrons. The predicted octanol–water partition coefficient (Wildman–Crippen LogP) is 3.09. The molecule has 1 aliphatic carbocycles. The van der Waals surface area contributed by atoms with Crippen LogP contribution >= 0.6 is 11.3 Å². The maximum absolute atomic E-state index is 11.7. The number of thiazole rings is 1. The molecule has 0 saturated heterocycles. The van der Waals surface area contributed by atoms with E-state index in [9.17, 15) is 14.7 Å². The van der Waals surface area contributed by atoms with E-state index < -0.39 is 5.97 Å². The predicted molar refractivity (Wildman–Crippen MR) is 73.8 cm³/mol. The normalized spacial score (nSPS) is 14.7. The summed E-state index contributed by atoms with van der Waals surface area (Å²) in [6, 6.07) is 0. The first-order chi connectivity index (χ1) is 9.06. The molecule has 19 heavy (non-hydrogen) atoms. The van der Waals surface area contributed by atoms with E-state index >= 15 is 0 Å². The van der Waals surface area contributed by atoms with Gasteiger partial charge in [0.25, 0.3) is 0 Å². The maximum atomic E-state index is 11.7. The summed E-state index contributed by atoms with van der Waals surface area (Å²) < 4.78 is 0. The van der Waals surface area contributed by atoms with Gasteiger partial charge in [-0.15, -0.1) is 0 Å². The van der Waals surface area contributed by atoms with Gasteiger partial charge in [-0.25, -0.2) is 9.78 Å². The molecule has 2 N–H and O–H groups in total. The van der Waals surface area contributed by atoms with Crippen LogP contribution < -0.4 is 5.32 Å². The Bertz CT molecular complexity index is 490. The monoisotopic (exact) mass is 282 g/mol. The van der Waals surface area contributed by atoms with Crippen LogP contribution in [-0.4, -0.2) is 22.0 Å². The van der Waals surface area contributed by atoms with Gasteiger partial charge in [0.05, 0.1) is 5.69 Å². The van der Waals surface area contributed by atoms with Gasteiger partial charge in [-0.05, 0) is 25.7 Å². The highest BCUT2D eigenvalue weighted by Crippen LogP contribution is 2.34. The van der Waals surface area contributed by atoms with Gasteiger partial charge in [0, 0.05) is 11.8 Å². The first-order valence-corrected chi connectivity index (χ1v) is 7.43. The molecule has 0 atom stereocenters. The Balaban J connectivity index is 2.23. The number of nitrogens with one attached hydrogen (secondary N) is 1. The molecule has 1 aliphatic rings. The molecule has 1 aromatic rings. The van der Waals surface area contributed by atoms with Crippen LogP contribution in [0.2, 0.25) is 0 Å². The van der Waals surface area contributed by atoms with Crippen LogP contribution in [0.4, 0.5) is 5.13 Å². The van der Waals surface area contributed by atoms with Crippen molar-refractivity contribution in [2.75, 3.05) is 5.32 Å². The highest BCUT2D eigenvalue weighted by atomic mass is 32.1. The average Bonchev–Trinajstić information content (AvgIpc) is 3.14. The minimum atomic E-state index is -0.966. The number of carbonyl (C=O) groups is 2. The molecule has 1 aromatic heterocycles. The van der Waals surface area contributed by atoms with E-state index in [1.54, 1.807) is 0 Å². The molecule has 1 amide bonds. The summed E-state index contributed by atoms with van der Waals surface area (Å²) >= 11 is 1.06. The van der Waals surface area contributed by atoms with Gasteiger partial charge in [-0.1, -0.05) is 25.2 Å². The number of carbonyl (C=O) groups excluding carboxylic acids is 1. The molecule has 0 spiro atoms. The van der Waals surface area contributed by atoms with Gasteiger partial charge >= 0.3 is 5.97 Å². The van der Waals surface area contributed by atoms with Crippen molar-refractivity contribution in [1.82, 2.24) is 4.98 Å². The third-order valence-corrected chi connectivity index (χ3v) is 4.37. The van der Waals surface area contributed by atoms with E-state index in [1.165, 1.54) is 0 Å². The highest BCUT2D eigenvalue weighted by Gasteiger charge is 2.31. The smallest absolute Gasteiger partial charge is 0.347 e. The fraction of sp³-hybridized carbons (Fsp3) is 0.615. The van der Waals surface area contributed by atoms with Gasteiger partial charge in [-0.3, -0.25) is 4.79 Å². The van der Waals surface area contributed by atoms with E-state index in [2.05, 4.69) is 10.3 Å². The SMILES string of the molecule is CCC(CC)c1nc(NC(=O)C2CC2)sc1C(=O)O. The van der Waals surface area contributed by atoms with Crippen molar-refractivity contribution in [3.8, 4) is 0 Å². The molecule has 0 aliphatic heterocycles. The summed E-state index contributed by atoms with van der Waals surface area (Å²) in [6.45, 7) is 4.03. The number of rotatable bonds is 6. The number of amides is 1. The number of carboxylic acid groups (broad SMARTS) is 1. The molecule has 0 unspecified atom stereocenters. The van der Waals surface area contributed by atoms with Crippen molar-refractivity contribution >= 4 is 28.3 Å². The number of hydrogen-bond donors (Lipinski definition) is 2. The topological polar surface area (TPSA) is 79.3 Å². The van der Waals surface area contributed by atoms with Crippen LogP contribution in [0.1, 0.15) is 60.8 Å². The summed E-state index contributed by atoms with van der Waals surface area (Å²) in [5, 5.41) is 12.4. The largest absolute Gasteiger partial charge is 0.477 e.